The summed E-state index contributed by atoms with van der Waals surface area (Å²) < 4.78 is 0. The highest BCUT2D eigenvalue weighted by molar-refractivity contribution is 8.00. The Morgan fingerprint density at radius 3 is 2.64 bits per heavy atom. The predicted molar refractivity (Wildman–Crippen MR) is 57.6 cm³/mol. The van der Waals surface area contributed by atoms with Gasteiger partial charge in [0.2, 0.25) is 0 Å². The van der Waals surface area contributed by atoms with Gasteiger partial charge in [0.25, 0.3) is 0 Å². The molecule has 3 unspecified atom stereocenters. The fourth-order valence-corrected chi connectivity index (χ4v) is 3.23. The van der Waals surface area contributed by atoms with Crippen molar-refractivity contribution >= 4 is 17.7 Å². The lowest BCUT2D eigenvalue weighted by Gasteiger charge is -2.21. The summed E-state index contributed by atoms with van der Waals surface area (Å²) in [5.74, 6) is 0.887. The maximum atomic E-state index is 11.0. The first kappa shape index (κ1) is 10.3. The summed E-state index contributed by atoms with van der Waals surface area (Å²) in [6.45, 7) is 2.18. The van der Waals surface area contributed by atoms with Crippen LogP contribution in [-0.2, 0) is 4.79 Å². The van der Waals surface area contributed by atoms with Gasteiger partial charge in [0.15, 0.2) is 0 Å². The Hall–Kier alpha value is -0.220. The smallest absolute Gasteiger partial charge is 0.320 e. The standard InChI is InChI=1S/C10H17NO2S/c1-6-8(4-5-14-6)11-9(10(12)13)7-2-3-7/h6-9,11H,2-5H2,1H3,(H,12,13). The Balaban J connectivity index is 1.89. The number of thioether (sulfide) groups is 1. The quantitative estimate of drug-likeness (QED) is 0.743. The van der Waals surface area contributed by atoms with E-state index in [1.54, 1.807) is 0 Å². The molecule has 2 aliphatic rings. The van der Waals surface area contributed by atoms with Crippen molar-refractivity contribution in [1.29, 1.82) is 0 Å². The molecule has 3 nitrogen and oxygen atoms in total. The van der Waals surface area contributed by atoms with Gasteiger partial charge < -0.3 is 10.4 Å². The molecule has 0 aromatic heterocycles. The summed E-state index contributed by atoms with van der Waals surface area (Å²) in [5.41, 5.74) is 0. The summed E-state index contributed by atoms with van der Waals surface area (Å²) >= 11 is 1.94. The first-order chi connectivity index (χ1) is 6.68. The average Bonchev–Trinajstić information content (AvgIpc) is 2.87. The minimum atomic E-state index is -0.670. The summed E-state index contributed by atoms with van der Waals surface area (Å²) in [6, 6.07) is 0.114. The number of hydrogen-bond acceptors (Lipinski definition) is 3. The van der Waals surface area contributed by atoms with E-state index in [2.05, 4.69) is 12.2 Å². The zero-order chi connectivity index (χ0) is 10.1. The summed E-state index contributed by atoms with van der Waals surface area (Å²) in [6.07, 6.45) is 3.28. The van der Waals surface area contributed by atoms with Crippen LogP contribution in [0.1, 0.15) is 26.2 Å². The molecular formula is C10H17NO2S. The van der Waals surface area contributed by atoms with Gasteiger partial charge in [-0.05, 0) is 30.9 Å². The molecular weight excluding hydrogens is 198 g/mol. The molecule has 1 heterocycles. The molecule has 0 bridgehead atoms. The van der Waals surface area contributed by atoms with Crippen molar-refractivity contribution in [3.8, 4) is 0 Å². The first-order valence-corrected chi connectivity index (χ1v) is 6.34. The highest BCUT2D eigenvalue weighted by Crippen LogP contribution is 2.34. The maximum absolute atomic E-state index is 11.0. The van der Waals surface area contributed by atoms with Gasteiger partial charge in [-0.1, -0.05) is 6.92 Å². The van der Waals surface area contributed by atoms with E-state index in [0.717, 1.165) is 25.0 Å². The molecule has 1 saturated carbocycles. The summed E-state index contributed by atoms with van der Waals surface area (Å²) in [7, 11) is 0. The van der Waals surface area contributed by atoms with Crippen LogP contribution in [0.4, 0.5) is 0 Å². The Kier molecular flexibility index (Phi) is 3.02. The molecule has 0 spiro atoms. The molecule has 4 heteroatoms. The Bertz CT molecular complexity index is 230. The van der Waals surface area contributed by atoms with Crippen molar-refractivity contribution < 1.29 is 9.90 Å². The number of rotatable bonds is 4. The van der Waals surface area contributed by atoms with Gasteiger partial charge in [-0.2, -0.15) is 11.8 Å². The van der Waals surface area contributed by atoms with Crippen LogP contribution in [0, 0.1) is 5.92 Å². The van der Waals surface area contributed by atoms with E-state index in [9.17, 15) is 4.79 Å². The van der Waals surface area contributed by atoms with Crippen molar-refractivity contribution in [3.63, 3.8) is 0 Å². The van der Waals surface area contributed by atoms with Gasteiger partial charge in [0.05, 0.1) is 0 Å². The molecule has 2 fully saturated rings. The Labute approximate surface area is 88.6 Å². The van der Waals surface area contributed by atoms with Crippen molar-refractivity contribution in [2.24, 2.45) is 5.92 Å². The second kappa shape index (κ2) is 4.11. The van der Waals surface area contributed by atoms with Crippen molar-refractivity contribution in [2.45, 2.75) is 43.5 Å². The van der Waals surface area contributed by atoms with Gasteiger partial charge in [0.1, 0.15) is 6.04 Å². The summed E-state index contributed by atoms with van der Waals surface area (Å²) in [5, 5.41) is 12.9. The number of carbonyl (C=O) groups is 1. The fourth-order valence-electron chi connectivity index (χ4n) is 2.02. The van der Waals surface area contributed by atoms with E-state index >= 15 is 0 Å². The highest BCUT2D eigenvalue weighted by Gasteiger charge is 2.39. The van der Waals surface area contributed by atoms with Crippen molar-refractivity contribution in [3.05, 3.63) is 0 Å². The van der Waals surface area contributed by atoms with Gasteiger partial charge in [0, 0.05) is 11.3 Å². The third kappa shape index (κ3) is 2.23. The molecule has 0 radical (unpaired) electrons. The minimum absolute atomic E-state index is 0.291. The van der Waals surface area contributed by atoms with Crippen molar-refractivity contribution in [2.75, 3.05) is 5.75 Å². The third-order valence-corrected chi connectivity index (χ3v) is 4.46. The van der Waals surface area contributed by atoms with Crippen molar-refractivity contribution in [1.82, 2.24) is 5.32 Å². The van der Waals surface area contributed by atoms with Gasteiger partial charge in [-0.25, -0.2) is 0 Å². The lowest BCUT2D eigenvalue weighted by atomic mass is 10.1. The fraction of sp³-hybridized carbons (Fsp3) is 0.900. The molecule has 1 saturated heterocycles. The largest absolute Gasteiger partial charge is 0.480 e. The zero-order valence-corrected chi connectivity index (χ0v) is 9.22. The highest BCUT2D eigenvalue weighted by atomic mass is 32.2. The molecule has 80 valence electrons. The number of hydrogen-bond donors (Lipinski definition) is 2. The normalized spacial score (nSPS) is 34.4. The van der Waals surface area contributed by atoms with Crippen LogP contribution in [0.5, 0.6) is 0 Å². The third-order valence-electron chi connectivity index (χ3n) is 3.13. The van der Waals surface area contributed by atoms with Crippen LogP contribution >= 0.6 is 11.8 Å². The molecule has 0 amide bonds. The molecule has 1 aliphatic heterocycles. The first-order valence-electron chi connectivity index (χ1n) is 5.29. The zero-order valence-electron chi connectivity index (χ0n) is 8.40. The van der Waals surface area contributed by atoms with Crippen LogP contribution < -0.4 is 5.32 Å². The molecule has 2 N–H and O–H groups in total. The number of nitrogens with one attached hydrogen (secondary N) is 1. The lowest BCUT2D eigenvalue weighted by Crippen LogP contribution is -2.46. The van der Waals surface area contributed by atoms with Gasteiger partial charge in [-0.3, -0.25) is 4.79 Å². The predicted octanol–water partition coefficient (Wildman–Crippen LogP) is 1.33. The van der Waals surface area contributed by atoms with E-state index in [0.29, 0.717) is 17.2 Å². The second-order valence-corrected chi connectivity index (χ2v) is 5.78. The van der Waals surface area contributed by atoms with E-state index < -0.39 is 5.97 Å². The van der Waals surface area contributed by atoms with Crippen LogP contribution in [0.3, 0.4) is 0 Å². The minimum Gasteiger partial charge on any atom is -0.480 e. The summed E-state index contributed by atoms with van der Waals surface area (Å²) in [4.78, 5) is 11.0. The van der Waals surface area contributed by atoms with E-state index in [1.165, 1.54) is 0 Å². The molecule has 2 rings (SSSR count). The van der Waals surface area contributed by atoms with E-state index in [-0.39, 0.29) is 6.04 Å². The van der Waals surface area contributed by atoms with Crippen LogP contribution in [0.15, 0.2) is 0 Å². The molecule has 14 heavy (non-hydrogen) atoms. The maximum Gasteiger partial charge on any atom is 0.320 e. The van der Waals surface area contributed by atoms with Crippen LogP contribution in [0.2, 0.25) is 0 Å². The second-order valence-electron chi connectivity index (χ2n) is 4.29. The SMILES string of the molecule is CC1SCCC1NC(C(=O)O)C1CC1. The lowest BCUT2D eigenvalue weighted by molar-refractivity contribution is -0.140. The topological polar surface area (TPSA) is 49.3 Å². The number of carboxylic acid groups (broad SMARTS) is 1. The molecule has 0 aromatic rings. The Morgan fingerprint density at radius 1 is 1.50 bits per heavy atom. The monoisotopic (exact) mass is 215 g/mol. The molecule has 3 atom stereocenters. The number of aliphatic carboxylic acids is 1. The Morgan fingerprint density at radius 2 is 2.21 bits per heavy atom. The van der Waals surface area contributed by atoms with Crippen LogP contribution in [0.25, 0.3) is 0 Å². The molecule has 0 aromatic carbocycles. The van der Waals surface area contributed by atoms with E-state index in [4.69, 9.17) is 5.11 Å². The van der Waals surface area contributed by atoms with Gasteiger partial charge >= 0.3 is 5.97 Å². The van der Waals surface area contributed by atoms with Crippen LogP contribution in [-0.4, -0.2) is 34.2 Å². The molecule has 1 aliphatic carbocycles. The van der Waals surface area contributed by atoms with E-state index in [1.807, 2.05) is 11.8 Å². The number of carboxylic acids is 1. The average molecular weight is 215 g/mol. The van der Waals surface area contributed by atoms with Gasteiger partial charge in [-0.15, -0.1) is 0 Å².